The first-order valence-corrected chi connectivity index (χ1v) is 6.53. The molecule has 3 heteroatoms. The van der Waals surface area contributed by atoms with Gasteiger partial charge in [-0.05, 0) is 54.4 Å². The molecule has 1 nitrogen and oxygen atoms in total. The van der Waals surface area contributed by atoms with E-state index in [1.807, 2.05) is 17.8 Å². The fourth-order valence-electron chi connectivity index (χ4n) is 2.01. The van der Waals surface area contributed by atoms with Gasteiger partial charge in [-0.1, -0.05) is 6.07 Å². The van der Waals surface area contributed by atoms with E-state index in [0.29, 0.717) is 5.69 Å². The molecule has 15 heavy (non-hydrogen) atoms. The van der Waals surface area contributed by atoms with Gasteiger partial charge in [0.25, 0.3) is 0 Å². The molecule has 1 heterocycles. The van der Waals surface area contributed by atoms with Crippen LogP contribution in [0.2, 0.25) is 0 Å². The van der Waals surface area contributed by atoms with E-state index < -0.39 is 0 Å². The summed E-state index contributed by atoms with van der Waals surface area (Å²) in [6, 6.07) is 4.75. The minimum Gasteiger partial charge on any atom is -0.398 e. The van der Waals surface area contributed by atoms with Gasteiger partial charge in [0.2, 0.25) is 0 Å². The van der Waals surface area contributed by atoms with Gasteiger partial charge in [0, 0.05) is 5.69 Å². The summed E-state index contributed by atoms with van der Waals surface area (Å²) in [6.45, 7) is 0. The van der Waals surface area contributed by atoms with Crippen molar-refractivity contribution in [2.24, 2.45) is 5.92 Å². The number of hydrogen-bond donors (Lipinski definition) is 1. The topological polar surface area (TPSA) is 26.0 Å². The van der Waals surface area contributed by atoms with Crippen molar-refractivity contribution in [3.05, 3.63) is 29.6 Å². The molecule has 0 aromatic heterocycles. The van der Waals surface area contributed by atoms with Crippen LogP contribution in [-0.4, -0.2) is 11.5 Å². The van der Waals surface area contributed by atoms with Crippen LogP contribution in [0.5, 0.6) is 0 Å². The molecule has 0 aliphatic carbocycles. The van der Waals surface area contributed by atoms with Crippen LogP contribution < -0.4 is 5.73 Å². The van der Waals surface area contributed by atoms with Crippen LogP contribution >= 0.6 is 11.8 Å². The number of nitrogens with two attached hydrogens (primary N) is 1. The molecule has 1 aliphatic heterocycles. The van der Waals surface area contributed by atoms with E-state index in [1.54, 1.807) is 0 Å². The summed E-state index contributed by atoms with van der Waals surface area (Å²) in [5.41, 5.74) is 7.50. The number of halogens is 1. The van der Waals surface area contributed by atoms with Crippen molar-refractivity contribution >= 4 is 17.4 Å². The van der Waals surface area contributed by atoms with Gasteiger partial charge in [-0.15, -0.1) is 0 Å². The van der Waals surface area contributed by atoms with Crippen LogP contribution in [0.3, 0.4) is 0 Å². The van der Waals surface area contributed by atoms with E-state index in [9.17, 15) is 4.39 Å². The van der Waals surface area contributed by atoms with E-state index in [4.69, 9.17) is 5.73 Å². The molecule has 0 unspecified atom stereocenters. The van der Waals surface area contributed by atoms with Crippen molar-refractivity contribution in [3.8, 4) is 0 Å². The van der Waals surface area contributed by atoms with Crippen LogP contribution in [0, 0.1) is 11.7 Å². The van der Waals surface area contributed by atoms with E-state index in [0.717, 1.165) is 17.9 Å². The zero-order chi connectivity index (χ0) is 10.7. The van der Waals surface area contributed by atoms with Gasteiger partial charge >= 0.3 is 0 Å². The molecule has 0 atom stereocenters. The second-order valence-corrected chi connectivity index (χ2v) is 5.33. The minimum atomic E-state index is -0.240. The number of anilines is 1. The number of hydrogen-bond acceptors (Lipinski definition) is 2. The zero-order valence-corrected chi connectivity index (χ0v) is 9.52. The van der Waals surface area contributed by atoms with E-state index in [-0.39, 0.29) is 5.82 Å². The molecule has 1 aromatic carbocycles. The lowest BCUT2D eigenvalue weighted by Gasteiger charge is -2.21. The van der Waals surface area contributed by atoms with Crippen molar-refractivity contribution in [3.63, 3.8) is 0 Å². The lowest BCUT2D eigenvalue weighted by Crippen LogP contribution is -2.13. The Balaban J connectivity index is 2.03. The fraction of sp³-hybridized carbons (Fsp3) is 0.500. The Morgan fingerprint density at radius 3 is 2.73 bits per heavy atom. The fourth-order valence-corrected chi connectivity index (χ4v) is 3.22. The summed E-state index contributed by atoms with van der Waals surface area (Å²) in [5.74, 6) is 3.01. The molecule has 1 saturated heterocycles. The third-order valence-corrected chi connectivity index (χ3v) is 4.01. The molecule has 0 spiro atoms. The van der Waals surface area contributed by atoms with Gasteiger partial charge in [0.1, 0.15) is 5.82 Å². The van der Waals surface area contributed by atoms with Crippen molar-refractivity contribution < 1.29 is 4.39 Å². The Morgan fingerprint density at radius 1 is 1.33 bits per heavy atom. The SMILES string of the molecule is Nc1cc(F)ccc1CC1CCSCC1. The first-order chi connectivity index (χ1) is 7.25. The number of rotatable bonds is 2. The van der Waals surface area contributed by atoms with Gasteiger partial charge in [-0.3, -0.25) is 0 Å². The van der Waals surface area contributed by atoms with Crippen molar-refractivity contribution in [2.75, 3.05) is 17.2 Å². The maximum atomic E-state index is 12.8. The molecular weight excluding hydrogens is 209 g/mol. The van der Waals surface area contributed by atoms with Crippen molar-refractivity contribution in [1.82, 2.24) is 0 Å². The van der Waals surface area contributed by atoms with Gasteiger partial charge in [-0.2, -0.15) is 11.8 Å². The second-order valence-electron chi connectivity index (χ2n) is 4.10. The molecule has 2 rings (SSSR count). The number of nitrogen functional groups attached to an aromatic ring is 1. The minimum absolute atomic E-state index is 0.240. The van der Waals surface area contributed by atoms with Crippen LogP contribution in [0.15, 0.2) is 18.2 Å². The first-order valence-electron chi connectivity index (χ1n) is 5.37. The first kappa shape index (κ1) is 10.8. The molecule has 82 valence electrons. The van der Waals surface area contributed by atoms with E-state index in [1.165, 1.54) is 36.5 Å². The molecule has 2 N–H and O–H groups in total. The van der Waals surface area contributed by atoms with Gasteiger partial charge < -0.3 is 5.73 Å². The van der Waals surface area contributed by atoms with Gasteiger partial charge in [0.15, 0.2) is 0 Å². The van der Waals surface area contributed by atoms with Crippen molar-refractivity contribution in [2.45, 2.75) is 19.3 Å². The molecule has 0 saturated carbocycles. The molecule has 0 radical (unpaired) electrons. The third-order valence-electron chi connectivity index (χ3n) is 2.96. The predicted octanol–water partition coefficient (Wildman–Crippen LogP) is 3.09. The highest BCUT2D eigenvalue weighted by molar-refractivity contribution is 7.99. The summed E-state index contributed by atoms with van der Waals surface area (Å²) < 4.78 is 12.8. The Hall–Kier alpha value is -0.700. The Morgan fingerprint density at radius 2 is 2.07 bits per heavy atom. The highest BCUT2D eigenvalue weighted by atomic mass is 32.2. The van der Waals surface area contributed by atoms with E-state index in [2.05, 4.69) is 0 Å². The lowest BCUT2D eigenvalue weighted by molar-refractivity contribution is 0.488. The monoisotopic (exact) mass is 225 g/mol. The van der Waals surface area contributed by atoms with Crippen LogP contribution in [-0.2, 0) is 6.42 Å². The summed E-state index contributed by atoms with van der Waals surface area (Å²) in [4.78, 5) is 0. The van der Waals surface area contributed by atoms with Crippen LogP contribution in [0.1, 0.15) is 18.4 Å². The van der Waals surface area contributed by atoms with Crippen molar-refractivity contribution in [1.29, 1.82) is 0 Å². The molecule has 0 amide bonds. The van der Waals surface area contributed by atoms with Gasteiger partial charge in [0.05, 0.1) is 0 Å². The summed E-state index contributed by atoms with van der Waals surface area (Å²) >= 11 is 2.02. The molecule has 1 aromatic rings. The summed E-state index contributed by atoms with van der Waals surface area (Å²) in [6.07, 6.45) is 3.54. The zero-order valence-electron chi connectivity index (χ0n) is 8.71. The summed E-state index contributed by atoms with van der Waals surface area (Å²) in [7, 11) is 0. The maximum absolute atomic E-state index is 12.8. The van der Waals surface area contributed by atoms with E-state index >= 15 is 0 Å². The number of thioether (sulfide) groups is 1. The second kappa shape index (κ2) is 4.88. The highest BCUT2D eigenvalue weighted by Crippen LogP contribution is 2.27. The Labute approximate surface area is 94.2 Å². The largest absolute Gasteiger partial charge is 0.398 e. The van der Waals surface area contributed by atoms with Crippen LogP contribution in [0.4, 0.5) is 10.1 Å². The van der Waals surface area contributed by atoms with Crippen LogP contribution in [0.25, 0.3) is 0 Å². The molecular formula is C12H16FNS. The lowest BCUT2D eigenvalue weighted by atomic mass is 9.93. The highest BCUT2D eigenvalue weighted by Gasteiger charge is 2.15. The smallest absolute Gasteiger partial charge is 0.125 e. The quantitative estimate of drug-likeness (QED) is 0.783. The normalized spacial score (nSPS) is 17.9. The average molecular weight is 225 g/mol. The third kappa shape index (κ3) is 2.88. The molecule has 1 aliphatic rings. The number of benzene rings is 1. The molecule has 0 bridgehead atoms. The average Bonchev–Trinajstić information content (AvgIpc) is 2.24. The Bertz CT molecular complexity index is 334. The maximum Gasteiger partial charge on any atom is 0.125 e. The standard InChI is InChI=1S/C12H16FNS/c13-11-2-1-10(12(14)8-11)7-9-3-5-15-6-4-9/h1-2,8-9H,3-7,14H2. The van der Waals surface area contributed by atoms with Gasteiger partial charge in [-0.25, -0.2) is 4.39 Å². The summed E-state index contributed by atoms with van der Waals surface area (Å²) in [5, 5.41) is 0. The predicted molar refractivity (Wildman–Crippen MR) is 64.6 cm³/mol. The molecule has 1 fully saturated rings. The Kier molecular flexibility index (Phi) is 3.52.